The fraction of sp³-hybridized carbons (Fsp3) is 0.743. The zero-order valence-electron chi connectivity index (χ0n) is 26.4. The number of carbonyl (C=O) groups excluding carboxylic acids is 3. The van der Waals surface area contributed by atoms with E-state index in [4.69, 9.17) is 27.9 Å². The molecule has 1 aromatic rings. The molecule has 0 spiro atoms. The number of benzene rings is 1. The highest BCUT2D eigenvalue weighted by molar-refractivity contribution is 6.18. The number of nitrogens with one attached hydrogen (secondary N) is 1. The van der Waals surface area contributed by atoms with E-state index < -0.39 is 6.04 Å². The first-order chi connectivity index (χ1) is 20.5. The number of halogens is 2. The quantitative estimate of drug-likeness (QED) is 0.227. The number of fused-ring (bicyclic) bond motifs is 5. The first-order valence-corrected chi connectivity index (χ1v) is 17.5. The van der Waals surface area contributed by atoms with E-state index in [-0.39, 0.29) is 34.7 Å². The predicted octanol–water partition coefficient (Wildman–Crippen LogP) is 6.79. The molecule has 0 bridgehead atoms. The zero-order chi connectivity index (χ0) is 30.9. The standard InChI is InChI=1S/C35H50Cl2N2O4/c1-22-21-35(4)25(20-31(22)41)7-10-27-28-11-12-32(34(28,3)14-13-29(27)35)43-33(42)30(38-23(2)40)19-24-5-8-26(9-6-24)39(17-15-36)18-16-37/h5-6,8-9,22,25,27-30,32H,7,10-21H2,1-4H3,(H,38,40)/t22-,25-,27-,28-,29-,30+,32-,34-,35-/m0/s1. The van der Waals surface area contributed by atoms with Crippen LogP contribution in [0, 0.1) is 40.4 Å². The number of Topliss-reactive ketones (excluding diaryl/α,β-unsaturated/α-hetero) is 1. The average molecular weight is 634 g/mol. The van der Waals surface area contributed by atoms with E-state index in [0.717, 1.165) is 56.2 Å². The van der Waals surface area contributed by atoms with E-state index in [2.05, 4.69) is 31.0 Å². The van der Waals surface area contributed by atoms with Crippen molar-refractivity contribution in [3.8, 4) is 0 Å². The minimum Gasteiger partial charge on any atom is -0.460 e. The molecule has 0 unspecified atom stereocenters. The molecule has 0 aromatic heterocycles. The molecule has 6 nitrogen and oxygen atoms in total. The molecule has 0 heterocycles. The van der Waals surface area contributed by atoms with Gasteiger partial charge >= 0.3 is 5.97 Å². The van der Waals surface area contributed by atoms with Gasteiger partial charge in [0.2, 0.25) is 5.91 Å². The van der Waals surface area contributed by atoms with E-state index in [0.29, 0.717) is 60.7 Å². The maximum Gasteiger partial charge on any atom is 0.329 e. The summed E-state index contributed by atoms with van der Waals surface area (Å²) in [5.41, 5.74) is 2.18. The number of esters is 1. The lowest BCUT2D eigenvalue weighted by atomic mass is 9.44. The number of nitrogens with zero attached hydrogens (tertiary/aromatic N) is 1. The summed E-state index contributed by atoms with van der Waals surface area (Å²) in [5.74, 6) is 3.40. The third-order valence-electron chi connectivity index (χ3n) is 12.1. The van der Waals surface area contributed by atoms with Crippen LogP contribution in [0.5, 0.6) is 0 Å². The zero-order valence-corrected chi connectivity index (χ0v) is 27.9. The molecule has 1 aromatic carbocycles. The number of rotatable bonds is 10. The van der Waals surface area contributed by atoms with Gasteiger partial charge in [0.05, 0.1) is 0 Å². The van der Waals surface area contributed by atoms with E-state index in [1.807, 2.05) is 24.3 Å². The summed E-state index contributed by atoms with van der Waals surface area (Å²) in [6, 6.07) is 7.29. The van der Waals surface area contributed by atoms with Gasteiger partial charge in [-0.3, -0.25) is 9.59 Å². The van der Waals surface area contributed by atoms with Gasteiger partial charge in [-0.2, -0.15) is 0 Å². The molecule has 4 aliphatic carbocycles. The second-order valence-corrected chi connectivity index (χ2v) is 15.2. The van der Waals surface area contributed by atoms with Crippen molar-refractivity contribution in [2.24, 2.45) is 40.4 Å². The van der Waals surface area contributed by atoms with Crippen LogP contribution < -0.4 is 10.2 Å². The van der Waals surface area contributed by atoms with Gasteiger partial charge in [0, 0.05) is 61.6 Å². The van der Waals surface area contributed by atoms with Gasteiger partial charge in [0.15, 0.2) is 0 Å². The molecule has 0 saturated heterocycles. The largest absolute Gasteiger partial charge is 0.460 e. The second-order valence-electron chi connectivity index (χ2n) is 14.5. The first kappa shape index (κ1) is 32.6. The molecule has 4 fully saturated rings. The third-order valence-corrected chi connectivity index (χ3v) is 12.4. The summed E-state index contributed by atoms with van der Waals surface area (Å²) in [6.45, 7) is 9.81. The fourth-order valence-corrected chi connectivity index (χ4v) is 10.3. The summed E-state index contributed by atoms with van der Waals surface area (Å²) in [6.07, 6.45) is 8.50. The number of amides is 1. The van der Waals surface area contributed by atoms with Crippen LogP contribution in [0.3, 0.4) is 0 Å². The molecule has 5 rings (SSSR count). The summed E-state index contributed by atoms with van der Waals surface area (Å²) in [4.78, 5) is 40.5. The van der Waals surface area contributed by atoms with Crippen LogP contribution >= 0.6 is 23.2 Å². The summed E-state index contributed by atoms with van der Waals surface area (Å²) in [7, 11) is 0. The Balaban J connectivity index is 1.26. The number of anilines is 1. The summed E-state index contributed by atoms with van der Waals surface area (Å²) < 4.78 is 6.35. The molecular formula is C35H50Cl2N2O4. The molecule has 8 heteroatoms. The Morgan fingerprint density at radius 1 is 1.00 bits per heavy atom. The van der Waals surface area contributed by atoms with Crippen molar-refractivity contribution in [1.29, 1.82) is 0 Å². The van der Waals surface area contributed by atoms with Crippen LogP contribution in [-0.2, 0) is 25.5 Å². The van der Waals surface area contributed by atoms with Crippen LogP contribution in [0.4, 0.5) is 5.69 Å². The topological polar surface area (TPSA) is 75.7 Å². The monoisotopic (exact) mass is 632 g/mol. The maximum absolute atomic E-state index is 13.7. The van der Waals surface area contributed by atoms with Crippen LogP contribution in [0.25, 0.3) is 0 Å². The molecule has 43 heavy (non-hydrogen) atoms. The second kappa shape index (κ2) is 13.3. The minimum absolute atomic E-state index is 0.0488. The molecule has 0 aliphatic heterocycles. The minimum atomic E-state index is -0.736. The van der Waals surface area contributed by atoms with Gasteiger partial charge in [-0.05, 0) is 91.7 Å². The fourth-order valence-electron chi connectivity index (χ4n) is 9.86. The summed E-state index contributed by atoms with van der Waals surface area (Å²) >= 11 is 12.0. The Labute approximate surface area is 268 Å². The number of hydrogen-bond donors (Lipinski definition) is 1. The van der Waals surface area contributed by atoms with Crippen molar-refractivity contribution >= 4 is 46.5 Å². The highest BCUT2D eigenvalue weighted by Gasteiger charge is 2.61. The number of hydrogen-bond acceptors (Lipinski definition) is 5. The highest BCUT2D eigenvalue weighted by atomic mass is 35.5. The maximum atomic E-state index is 13.7. The van der Waals surface area contributed by atoms with Crippen molar-refractivity contribution in [1.82, 2.24) is 5.32 Å². The Bertz CT molecular complexity index is 1170. The third kappa shape index (κ3) is 6.48. The first-order valence-electron chi connectivity index (χ1n) is 16.5. The van der Waals surface area contributed by atoms with E-state index in [1.54, 1.807) is 0 Å². The number of ether oxygens (including phenoxy) is 1. The molecule has 1 amide bonds. The van der Waals surface area contributed by atoms with Crippen LogP contribution in [0.2, 0.25) is 0 Å². The van der Waals surface area contributed by atoms with Crippen LogP contribution in [0.1, 0.15) is 84.6 Å². The molecule has 0 radical (unpaired) electrons. The molecule has 4 saturated carbocycles. The number of alkyl halides is 2. The van der Waals surface area contributed by atoms with Crippen LogP contribution in [0.15, 0.2) is 24.3 Å². The molecule has 4 aliphatic rings. The van der Waals surface area contributed by atoms with Gasteiger partial charge in [-0.1, -0.05) is 32.9 Å². The van der Waals surface area contributed by atoms with Gasteiger partial charge in [-0.25, -0.2) is 4.79 Å². The van der Waals surface area contributed by atoms with Gasteiger partial charge in [-0.15, -0.1) is 23.2 Å². The number of carbonyl (C=O) groups is 3. The van der Waals surface area contributed by atoms with Crippen molar-refractivity contribution in [3.63, 3.8) is 0 Å². The molecule has 1 N–H and O–H groups in total. The van der Waals surface area contributed by atoms with Gasteiger partial charge < -0.3 is 15.0 Å². The number of ketones is 1. The Kier molecular flexibility index (Phi) is 10.1. The smallest absolute Gasteiger partial charge is 0.329 e. The lowest BCUT2D eigenvalue weighted by Crippen LogP contribution is -2.55. The van der Waals surface area contributed by atoms with Crippen molar-refractivity contribution < 1.29 is 19.1 Å². The average Bonchev–Trinajstić information content (AvgIpc) is 3.29. The van der Waals surface area contributed by atoms with Gasteiger partial charge in [0.1, 0.15) is 17.9 Å². The summed E-state index contributed by atoms with van der Waals surface area (Å²) in [5, 5.41) is 2.87. The normalized spacial score (nSPS) is 35.7. The van der Waals surface area contributed by atoms with E-state index >= 15 is 0 Å². The van der Waals surface area contributed by atoms with Crippen LogP contribution in [-0.4, -0.2) is 54.7 Å². The molecule has 238 valence electrons. The predicted molar refractivity (Wildman–Crippen MR) is 173 cm³/mol. The Hall–Kier alpha value is -1.79. The molecule has 9 atom stereocenters. The highest BCUT2D eigenvalue weighted by Crippen LogP contribution is 2.66. The van der Waals surface area contributed by atoms with E-state index in [1.165, 1.54) is 13.3 Å². The van der Waals surface area contributed by atoms with Crippen molar-refractivity contribution in [2.75, 3.05) is 29.7 Å². The lowest BCUT2D eigenvalue weighted by molar-refractivity contribution is -0.168. The SMILES string of the molecule is CC(=O)N[C@H](Cc1ccc(N(CCCl)CCCl)cc1)C(=O)O[C@H]1CC[C@H]2[C@@H]3CC[C@H]4CC(=O)[C@@H](C)C[C@]4(C)[C@H]3CC[C@]12C. The van der Waals surface area contributed by atoms with E-state index in [9.17, 15) is 14.4 Å². The Morgan fingerprint density at radius 2 is 1.67 bits per heavy atom. The van der Waals surface area contributed by atoms with Crippen molar-refractivity contribution in [3.05, 3.63) is 29.8 Å². The molecular weight excluding hydrogens is 583 g/mol. The lowest BCUT2D eigenvalue weighted by Gasteiger charge is -2.60. The van der Waals surface area contributed by atoms with Crippen molar-refractivity contribution in [2.45, 2.75) is 97.6 Å². The Morgan fingerprint density at radius 3 is 2.33 bits per heavy atom. The van der Waals surface area contributed by atoms with Gasteiger partial charge in [0.25, 0.3) is 0 Å².